The number of rotatable bonds is 5. The molecular weight excluding hydrogens is 359 g/mol. The Morgan fingerprint density at radius 1 is 1.21 bits per heavy atom. The molecule has 0 aliphatic rings. The van der Waals surface area contributed by atoms with Crippen LogP contribution in [0.5, 0.6) is 11.6 Å². The van der Waals surface area contributed by atoms with Crippen LogP contribution in [0.4, 0.5) is 0 Å². The number of amides is 1. The quantitative estimate of drug-likeness (QED) is 0.748. The fourth-order valence-electron chi connectivity index (χ4n) is 2.15. The summed E-state index contributed by atoms with van der Waals surface area (Å²) < 4.78 is 0.873. The zero-order valence-electron chi connectivity index (χ0n) is 12.5. The molecule has 1 aromatic heterocycles. The van der Waals surface area contributed by atoms with Gasteiger partial charge in [-0.05, 0) is 17.7 Å². The van der Waals surface area contributed by atoms with Gasteiger partial charge in [-0.3, -0.25) is 9.59 Å². The molecule has 1 heterocycles. The number of aliphatic carboxylic acids is 1. The van der Waals surface area contributed by atoms with Crippen molar-refractivity contribution >= 4 is 35.1 Å². The molecule has 128 valence electrons. The second-order valence-corrected chi connectivity index (χ2v) is 5.96. The summed E-state index contributed by atoms with van der Waals surface area (Å²) in [6.07, 6.45) is 1.09. The van der Waals surface area contributed by atoms with E-state index in [0.717, 1.165) is 10.8 Å². The van der Waals surface area contributed by atoms with Crippen molar-refractivity contribution in [2.75, 3.05) is 7.05 Å². The molecule has 3 N–H and O–H groups in total. The number of aromatic nitrogens is 1. The van der Waals surface area contributed by atoms with Gasteiger partial charge in [0.25, 0.3) is 5.91 Å². The molecule has 7 nitrogen and oxygen atoms in total. The van der Waals surface area contributed by atoms with Crippen molar-refractivity contribution in [2.24, 2.45) is 0 Å². The van der Waals surface area contributed by atoms with E-state index in [1.807, 2.05) is 0 Å². The van der Waals surface area contributed by atoms with E-state index in [1.54, 1.807) is 18.2 Å². The van der Waals surface area contributed by atoms with Gasteiger partial charge in [0.1, 0.15) is 12.1 Å². The average Bonchev–Trinajstić information content (AvgIpc) is 2.78. The summed E-state index contributed by atoms with van der Waals surface area (Å²) in [5, 5.41) is 29.0. The van der Waals surface area contributed by atoms with E-state index in [0.29, 0.717) is 15.6 Å². The van der Waals surface area contributed by atoms with Crippen molar-refractivity contribution in [1.82, 2.24) is 9.47 Å². The zero-order chi connectivity index (χ0) is 18.0. The Balaban J connectivity index is 2.21. The highest BCUT2D eigenvalue weighted by Crippen LogP contribution is 2.32. The Labute approximate surface area is 147 Å². The van der Waals surface area contributed by atoms with Gasteiger partial charge in [0.05, 0.1) is 10.0 Å². The maximum Gasteiger partial charge on any atom is 0.323 e. The third kappa shape index (κ3) is 3.74. The lowest BCUT2D eigenvalue weighted by molar-refractivity contribution is -0.137. The van der Waals surface area contributed by atoms with Crippen molar-refractivity contribution < 1.29 is 24.9 Å². The molecule has 0 radical (unpaired) electrons. The van der Waals surface area contributed by atoms with E-state index in [1.165, 1.54) is 11.9 Å². The van der Waals surface area contributed by atoms with Gasteiger partial charge in [0, 0.05) is 19.8 Å². The zero-order valence-corrected chi connectivity index (χ0v) is 14.0. The van der Waals surface area contributed by atoms with Crippen LogP contribution >= 0.6 is 23.2 Å². The van der Waals surface area contributed by atoms with Crippen LogP contribution in [0.15, 0.2) is 24.4 Å². The molecule has 2 rings (SSSR count). The molecule has 0 aliphatic carbocycles. The Morgan fingerprint density at radius 2 is 1.88 bits per heavy atom. The Bertz CT molecular complexity index is 803. The molecule has 1 aromatic carbocycles. The first-order chi connectivity index (χ1) is 11.2. The third-order valence-electron chi connectivity index (χ3n) is 3.31. The minimum Gasteiger partial charge on any atom is -0.503 e. The van der Waals surface area contributed by atoms with Gasteiger partial charge in [0.2, 0.25) is 5.88 Å². The van der Waals surface area contributed by atoms with Gasteiger partial charge in [-0.1, -0.05) is 29.3 Å². The number of aromatic hydroxyl groups is 2. The summed E-state index contributed by atoms with van der Waals surface area (Å²) >= 11 is 11.8. The monoisotopic (exact) mass is 372 g/mol. The molecule has 0 saturated heterocycles. The molecule has 0 atom stereocenters. The summed E-state index contributed by atoms with van der Waals surface area (Å²) in [7, 11) is 1.50. The maximum atomic E-state index is 12.4. The van der Waals surface area contributed by atoms with Gasteiger partial charge in [-0.2, -0.15) is 0 Å². The Kier molecular flexibility index (Phi) is 5.26. The molecule has 0 spiro atoms. The standard InChI is InChI=1S/C15H14Cl2N2O5/c1-18(5-8-2-3-10(16)11(17)4-8)14(23)9-6-19(7-12(20)21)15(24)13(9)22/h2-4,6,22,24H,5,7H2,1H3,(H,20,21). The Hall–Kier alpha value is -2.38. The molecule has 0 aliphatic heterocycles. The van der Waals surface area contributed by atoms with Gasteiger partial charge in [-0.25, -0.2) is 0 Å². The molecule has 24 heavy (non-hydrogen) atoms. The van der Waals surface area contributed by atoms with Crippen LogP contribution in [0.25, 0.3) is 0 Å². The summed E-state index contributed by atoms with van der Waals surface area (Å²) in [5.74, 6) is -3.15. The van der Waals surface area contributed by atoms with Crippen molar-refractivity contribution in [3.05, 3.63) is 45.6 Å². The van der Waals surface area contributed by atoms with Crippen LogP contribution in [-0.2, 0) is 17.9 Å². The number of hydrogen-bond donors (Lipinski definition) is 3. The average molecular weight is 373 g/mol. The molecule has 2 aromatic rings. The fourth-order valence-corrected chi connectivity index (χ4v) is 2.47. The van der Waals surface area contributed by atoms with Crippen LogP contribution in [-0.4, -0.2) is 43.7 Å². The van der Waals surface area contributed by atoms with Gasteiger partial charge in [0.15, 0.2) is 5.75 Å². The lowest BCUT2D eigenvalue weighted by Crippen LogP contribution is -2.26. The van der Waals surface area contributed by atoms with Crippen molar-refractivity contribution in [2.45, 2.75) is 13.1 Å². The SMILES string of the molecule is CN(Cc1ccc(Cl)c(Cl)c1)C(=O)c1cn(CC(=O)O)c(O)c1O. The van der Waals surface area contributed by atoms with E-state index in [9.17, 15) is 19.8 Å². The number of carboxylic acids is 1. The van der Waals surface area contributed by atoms with Gasteiger partial charge >= 0.3 is 5.97 Å². The fraction of sp³-hybridized carbons (Fsp3) is 0.200. The first-order valence-electron chi connectivity index (χ1n) is 6.73. The molecule has 0 unspecified atom stereocenters. The maximum absolute atomic E-state index is 12.4. The van der Waals surface area contributed by atoms with Crippen LogP contribution in [0, 0.1) is 0 Å². The number of nitrogens with zero attached hydrogens (tertiary/aromatic N) is 2. The first-order valence-corrected chi connectivity index (χ1v) is 7.48. The van der Waals surface area contributed by atoms with Crippen molar-refractivity contribution in [1.29, 1.82) is 0 Å². The molecule has 0 fully saturated rings. The molecule has 0 bridgehead atoms. The van der Waals surface area contributed by atoms with E-state index >= 15 is 0 Å². The number of benzene rings is 1. The second kappa shape index (κ2) is 7.02. The Morgan fingerprint density at radius 3 is 2.46 bits per heavy atom. The van der Waals surface area contributed by atoms with Crippen molar-refractivity contribution in [3.8, 4) is 11.6 Å². The summed E-state index contributed by atoms with van der Waals surface area (Å²) in [6.45, 7) is -0.400. The van der Waals surface area contributed by atoms with E-state index in [-0.39, 0.29) is 12.1 Å². The van der Waals surface area contributed by atoms with E-state index in [2.05, 4.69) is 0 Å². The number of carboxylic acid groups (broad SMARTS) is 1. The summed E-state index contributed by atoms with van der Waals surface area (Å²) in [6, 6.07) is 4.91. The van der Waals surface area contributed by atoms with Crippen LogP contribution in [0.3, 0.4) is 0 Å². The third-order valence-corrected chi connectivity index (χ3v) is 4.05. The predicted molar refractivity (Wildman–Crippen MR) is 87.7 cm³/mol. The molecule has 1 amide bonds. The lowest BCUT2D eigenvalue weighted by atomic mass is 10.2. The molecular formula is C15H14Cl2N2O5. The number of hydrogen-bond acceptors (Lipinski definition) is 4. The van der Waals surface area contributed by atoms with Gasteiger partial charge in [-0.15, -0.1) is 0 Å². The van der Waals surface area contributed by atoms with Gasteiger partial charge < -0.3 is 24.8 Å². The second-order valence-electron chi connectivity index (χ2n) is 5.15. The topological polar surface area (TPSA) is 103 Å². The van der Waals surface area contributed by atoms with E-state index < -0.39 is 30.1 Å². The van der Waals surface area contributed by atoms with Crippen molar-refractivity contribution in [3.63, 3.8) is 0 Å². The lowest BCUT2D eigenvalue weighted by Gasteiger charge is -2.17. The molecule has 0 saturated carbocycles. The number of carbonyl (C=O) groups is 2. The number of halogens is 2. The smallest absolute Gasteiger partial charge is 0.323 e. The van der Waals surface area contributed by atoms with Crippen LogP contribution in [0.1, 0.15) is 15.9 Å². The van der Waals surface area contributed by atoms with Crippen LogP contribution in [0.2, 0.25) is 10.0 Å². The largest absolute Gasteiger partial charge is 0.503 e. The highest BCUT2D eigenvalue weighted by Gasteiger charge is 2.23. The van der Waals surface area contributed by atoms with Crippen LogP contribution < -0.4 is 0 Å². The minimum atomic E-state index is -1.22. The molecule has 9 heteroatoms. The highest BCUT2D eigenvalue weighted by molar-refractivity contribution is 6.42. The van der Waals surface area contributed by atoms with E-state index in [4.69, 9.17) is 28.3 Å². The minimum absolute atomic E-state index is 0.181. The number of carbonyl (C=O) groups excluding carboxylic acids is 1. The predicted octanol–water partition coefficient (Wildman–Crippen LogP) is 2.56. The first kappa shape index (κ1) is 18.0. The summed E-state index contributed by atoms with van der Waals surface area (Å²) in [4.78, 5) is 24.4. The normalized spacial score (nSPS) is 10.6. The summed E-state index contributed by atoms with van der Waals surface area (Å²) in [5.41, 5.74) is 0.519. The highest BCUT2D eigenvalue weighted by atomic mass is 35.5.